The van der Waals surface area contributed by atoms with E-state index in [1.165, 1.54) is 0 Å². The van der Waals surface area contributed by atoms with Crippen molar-refractivity contribution in [3.05, 3.63) is 41.7 Å². The SMILES string of the molecule is CC(C)(C)OC(=O)CCc1nccc2c1[nH]c1cc(CO)ccc12. The van der Waals surface area contributed by atoms with Crippen molar-refractivity contribution in [2.24, 2.45) is 0 Å². The highest BCUT2D eigenvalue weighted by atomic mass is 16.6. The van der Waals surface area contributed by atoms with Gasteiger partial charge in [-0.2, -0.15) is 0 Å². The van der Waals surface area contributed by atoms with E-state index in [0.29, 0.717) is 12.8 Å². The smallest absolute Gasteiger partial charge is 0.306 e. The second kappa shape index (κ2) is 6.24. The number of ether oxygens (including phenoxy) is 1. The van der Waals surface area contributed by atoms with Crippen molar-refractivity contribution in [3.63, 3.8) is 0 Å². The van der Waals surface area contributed by atoms with Gasteiger partial charge >= 0.3 is 5.97 Å². The van der Waals surface area contributed by atoms with Gasteiger partial charge in [-0.25, -0.2) is 0 Å². The Hall–Kier alpha value is -2.40. The molecule has 0 aliphatic carbocycles. The molecule has 0 aliphatic rings. The summed E-state index contributed by atoms with van der Waals surface area (Å²) < 4.78 is 5.36. The first-order valence-electron chi connectivity index (χ1n) is 8.08. The van der Waals surface area contributed by atoms with Crippen molar-refractivity contribution in [3.8, 4) is 0 Å². The minimum atomic E-state index is -0.474. The lowest BCUT2D eigenvalue weighted by Crippen LogP contribution is -2.24. The molecule has 2 aromatic heterocycles. The molecule has 0 spiro atoms. The number of H-pyrrole nitrogens is 1. The van der Waals surface area contributed by atoms with Crippen LogP contribution in [0.2, 0.25) is 0 Å². The number of aromatic amines is 1. The summed E-state index contributed by atoms with van der Waals surface area (Å²) in [5.41, 5.74) is 3.13. The third-order valence-electron chi connectivity index (χ3n) is 3.83. The molecule has 5 nitrogen and oxygen atoms in total. The summed E-state index contributed by atoms with van der Waals surface area (Å²) in [6, 6.07) is 7.81. The molecular weight excluding hydrogens is 304 g/mol. The zero-order chi connectivity index (χ0) is 17.3. The van der Waals surface area contributed by atoms with Gasteiger partial charge in [0.2, 0.25) is 0 Å². The number of esters is 1. The van der Waals surface area contributed by atoms with Gasteiger partial charge in [-0.3, -0.25) is 9.78 Å². The van der Waals surface area contributed by atoms with Gasteiger partial charge in [0, 0.05) is 28.9 Å². The second-order valence-electron chi connectivity index (χ2n) is 6.93. The van der Waals surface area contributed by atoms with Crippen molar-refractivity contribution >= 4 is 27.8 Å². The average Bonchev–Trinajstić information content (AvgIpc) is 2.89. The number of hydrogen-bond donors (Lipinski definition) is 2. The van der Waals surface area contributed by atoms with Crippen LogP contribution in [0, 0.1) is 0 Å². The van der Waals surface area contributed by atoms with E-state index in [4.69, 9.17) is 4.74 Å². The van der Waals surface area contributed by atoms with Gasteiger partial charge in [-0.15, -0.1) is 0 Å². The molecule has 0 bridgehead atoms. The number of fused-ring (bicyclic) bond motifs is 3. The lowest BCUT2D eigenvalue weighted by Gasteiger charge is -2.19. The summed E-state index contributed by atoms with van der Waals surface area (Å²) in [5, 5.41) is 11.4. The molecule has 5 heteroatoms. The molecule has 0 radical (unpaired) electrons. The highest BCUT2D eigenvalue weighted by molar-refractivity contribution is 6.07. The molecule has 1 aromatic carbocycles. The molecule has 0 saturated heterocycles. The van der Waals surface area contributed by atoms with Crippen LogP contribution in [0.5, 0.6) is 0 Å². The molecule has 0 amide bonds. The highest BCUT2D eigenvalue weighted by Gasteiger charge is 2.17. The maximum absolute atomic E-state index is 11.9. The fraction of sp³-hybridized carbons (Fsp3) is 0.368. The number of carbonyl (C=O) groups excluding carboxylic acids is 1. The van der Waals surface area contributed by atoms with Gasteiger partial charge in [-0.1, -0.05) is 12.1 Å². The second-order valence-corrected chi connectivity index (χ2v) is 6.93. The number of aliphatic hydroxyl groups excluding tert-OH is 1. The van der Waals surface area contributed by atoms with Crippen LogP contribution in [0.15, 0.2) is 30.5 Å². The molecule has 0 aliphatic heterocycles. The van der Waals surface area contributed by atoms with Gasteiger partial charge in [0.15, 0.2) is 0 Å². The molecule has 126 valence electrons. The minimum Gasteiger partial charge on any atom is -0.460 e. The van der Waals surface area contributed by atoms with Crippen molar-refractivity contribution in [2.45, 2.75) is 45.8 Å². The van der Waals surface area contributed by atoms with E-state index in [0.717, 1.165) is 33.1 Å². The van der Waals surface area contributed by atoms with E-state index in [1.807, 2.05) is 45.0 Å². The number of pyridine rings is 1. The van der Waals surface area contributed by atoms with Gasteiger partial charge in [-0.05, 0) is 38.5 Å². The Balaban J connectivity index is 1.90. The lowest BCUT2D eigenvalue weighted by atomic mass is 10.1. The first-order chi connectivity index (χ1) is 11.4. The van der Waals surface area contributed by atoms with Gasteiger partial charge < -0.3 is 14.8 Å². The van der Waals surface area contributed by atoms with Crippen LogP contribution < -0.4 is 0 Å². The minimum absolute atomic E-state index is 0.00898. The van der Waals surface area contributed by atoms with E-state index in [2.05, 4.69) is 9.97 Å². The standard InChI is InChI=1S/C19H22N2O3/c1-19(2,3)24-17(23)7-6-15-18-14(8-9-20-15)13-5-4-12(11-22)10-16(13)21-18/h4-5,8-10,21-22H,6-7,11H2,1-3H3. The predicted octanol–water partition coefficient (Wildman–Crippen LogP) is 3.48. The quantitative estimate of drug-likeness (QED) is 0.720. The maximum Gasteiger partial charge on any atom is 0.306 e. The Labute approximate surface area is 140 Å². The van der Waals surface area contributed by atoms with Crippen molar-refractivity contribution in [1.29, 1.82) is 0 Å². The monoisotopic (exact) mass is 326 g/mol. The number of rotatable bonds is 4. The Morgan fingerprint density at radius 3 is 2.75 bits per heavy atom. The lowest BCUT2D eigenvalue weighted by molar-refractivity contribution is -0.154. The zero-order valence-electron chi connectivity index (χ0n) is 14.2. The normalized spacial score (nSPS) is 12.0. The molecule has 0 fully saturated rings. The van der Waals surface area contributed by atoms with Crippen molar-refractivity contribution < 1.29 is 14.6 Å². The Kier molecular flexibility index (Phi) is 4.28. The fourth-order valence-corrected chi connectivity index (χ4v) is 2.83. The van der Waals surface area contributed by atoms with E-state index in [-0.39, 0.29) is 12.6 Å². The molecule has 3 rings (SSSR count). The van der Waals surface area contributed by atoms with Crippen LogP contribution in [-0.2, 0) is 22.6 Å². The Bertz CT molecular complexity index is 891. The van der Waals surface area contributed by atoms with E-state index in [9.17, 15) is 9.90 Å². The number of carbonyl (C=O) groups is 1. The number of benzene rings is 1. The van der Waals surface area contributed by atoms with Crippen LogP contribution in [0.3, 0.4) is 0 Å². The molecule has 24 heavy (non-hydrogen) atoms. The average molecular weight is 326 g/mol. The Morgan fingerprint density at radius 1 is 1.25 bits per heavy atom. The van der Waals surface area contributed by atoms with Crippen LogP contribution in [-0.4, -0.2) is 26.6 Å². The summed E-state index contributed by atoms with van der Waals surface area (Å²) >= 11 is 0. The number of aliphatic hydroxyl groups is 1. The fourth-order valence-electron chi connectivity index (χ4n) is 2.83. The molecule has 2 N–H and O–H groups in total. The molecule has 0 atom stereocenters. The largest absolute Gasteiger partial charge is 0.460 e. The van der Waals surface area contributed by atoms with Crippen molar-refractivity contribution in [2.75, 3.05) is 0 Å². The summed E-state index contributed by atoms with van der Waals surface area (Å²) in [6.45, 7) is 5.59. The van der Waals surface area contributed by atoms with Gasteiger partial charge in [0.05, 0.1) is 24.2 Å². The summed E-state index contributed by atoms with van der Waals surface area (Å²) in [5.74, 6) is -0.222. The summed E-state index contributed by atoms with van der Waals surface area (Å²) in [7, 11) is 0. The Morgan fingerprint density at radius 2 is 2.04 bits per heavy atom. The number of aromatic nitrogens is 2. The first kappa shape index (κ1) is 16.5. The number of aryl methyl sites for hydroxylation is 1. The topological polar surface area (TPSA) is 75.2 Å². The first-order valence-corrected chi connectivity index (χ1v) is 8.08. The van der Waals surface area contributed by atoms with E-state index < -0.39 is 5.60 Å². The van der Waals surface area contributed by atoms with Gasteiger partial charge in [0.25, 0.3) is 0 Å². The van der Waals surface area contributed by atoms with Crippen LogP contribution in [0.4, 0.5) is 0 Å². The summed E-state index contributed by atoms with van der Waals surface area (Å²) in [4.78, 5) is 19.7. The third-order valence-corrected chi connectivity index (χ3v) is 3.83. The van der Waals surface area contributed by atoms with E-state index >= 15 is 0 Å². The number of nitrogens with zero attached hydrogens (tertiary/aromatic N) is 1. The van der Waals surface area contributed by atoms with Crippen LogP contribution in [0.1, 0.15) is 38.4 Å². The highest BCUT2D eigenvalue weighted by Crippen LogP contribution is 2.28. The maximum atomic E-state index is 11.9. The van der Waals surface area contributed by atoms with Crippen molar-refractivity contribution in [1.82, 2.24) is 9.97 Å². The third kappa shape index (κ3) is 3.41. The molecule has 0 unspecified atom stereocenters. The van der Waals surface area contributed by atoms with E-state index in [1.54, 1.807) is 6.20 Å². The molecule has 3 aromatic rings. The molecular formula is C19H22N2O3. The summed E-state index contributed by atoms with van der Waals surface area (Å²) in [6.07, 6.45) is 2.58. The van der Waals surface area contributed by atoms with Gasteiger partial charge in [0.1, 0.15) is 5.60 Å². The molecule has 2 heterocycles. The van der Waals surface area contributed by atoms with Crippen LogP contribution >= 0.6 is 0 Å². The number of nitrogens with one attached hydrogen (secondary N) is 1. The number of hydrogen-bond acceptors (Lipinski definition) is 4. The predicted molar refractivity (Wildman–Crippen MR) is 93.7 cm³/mol. The molecule has 0 saturated carbocycles. The van der Waals surface area contributed by atoms with Crippen LogP contribution in [0.25, 0.3) is 21.8 Å². The zero-order valence-corrected chi connectivity index (χ0v) is 14.2.